The summed E-state index contributed by atoms with van der Waals surface area (Å²) in [5.41, 5.74) is 1.40. The largest absolute Gasteiger partial charge is 0.396 e. The van der Waals surface area contributed by atoms with Gasteiger partial charge in [-0.3, -0.25) is 0 Å². The monoisotopic (exact) mass is 275 g/mol. The van der Waals surface area contributed by atoms with E-state index in [1.807, 2.05) is 11.3 Å². The highest BCUT2D eigenvalue weighted by Crippen LogP contribution is 2.31. The van der Waals surface area contributed by atoms with Crippen LogP contribution in [-0.2, 0) is 6.54 Å². The van der Waals surface area contributed by atoms with Crippen molar-refractivity contribution in [1.82, 2.24) is 5.32 Å². The molecule has 2 nitrogen and oxygen atoms in total. The van der Waals surface area contributed by atoms with Crippen molar-refractivity contribution in [3.8, 4) is 0 Å². The Morgan fingerprint density at radius 3 is 2.95 bits per heavy atom. The molecule has 2 unspecified atom stereocenters. The molecule has 102 valence electrons. The Bertz CT molecular complexity index is 536. The molecular weight excluding hydrogens is 254 g/mol. The highest BCUT2D eigenvalue weighted by Gasteiger charge is 2.25. The van der Waals surface area contributed by atoms with Gasteiger partial charge in [0.2, 0.25) is 0 Å². The third kappa shape index (κ3) is 2.83. The van der Waals surface area contributed by atoms with E-state index in [1.54, 1.807) is 0 Å². The van der Waals surface area contributed by atoms with Crippen LogP contribution in [-0.4, -0.2) is 18.3 Å². The van der Waals surface area contributed by atoms with E-state index in [0.717, 1.165) is 13.1 Å². The highest BCUT2D eigenvalue weighted by atomic mass is 32.1. The summed E-state index contributed by atoms with van der Waals surface area (Å²) >= 11 is 1.82. The van der Waals surface area contributed by atoms with Crippen LogP contribution in [0.1, 0.15) is 24.8 Å². The summed E-state index contributed by atoms with van der Waals surface area (Å²) in [6, 6.07) is 8.59. The summed E-state index contributed by atoms with van der Waals surface area (Å²) in [6.07, 6.45) is 3.74. The number of hydrogen-bond acceptors (Lipinski definition) is 3. The first-order valence-corrected chi connectivity index (χ1v) is 8.03. The SMILES string of the molecule is OCC1CCCC1CNCc1csc2ccccc12. The van der Waals surface area contributed by atoms with Crippen molar-refractivity contribution in [3.63, 3.8) is 0 Å². The van der Waals surface area contributed by atoms with Gasteiger partial charge in [-0.1, -0.05) is 24.6 Å². The molecule has 1 aliphatic carbocycles. The lowest BCUT2D eigenvalue weighted by Crippen LogP contribution is -2.26. The van der Waals surface area contributed by atoms with Gasteiger partial charge in [0.25, 0.3) is 0 Å². The van der Waals surface area contributed by atoms with Crippen LogP contribution in [0.25, 0.3) is 10.1 Å². The van der Waals surface area contributed by atoms with Crippen molar-refractivity contribution >= 4 is 21.4 Å². The molecule has 2 aromatic rings. The predicted octanol–water partition coefficient (Wildman–Crippen LogP) is 3.40. The molecule has 0 amide bonds. The zero-order valence-electron chi connectivity index (χ0n) is 11.1. The number of rotatable bonds is 5. The minimum absolute atomic E-state index is 0.355. The van der Waals surface area contributed by atoms with Gasteiger partial charge >= 0.3 is 0 Å². The molecule has 0 spiro atoms. The lowest BCUT2D eigenvalue weighted by atomic mass is 9.97. The fourth-order valence-electron chi connectivity index (χ4n) is 3.18. The Morgan fingerprint density at radius 2 is 2.05 bits per heavy atom. The minimum atomic E-state index is 0.355. The van der Waals surface area contributed by atoms with E-state index in [2.05, 4.69) is 35.0 Å². The van der Waals surface area contributed by atoms with Crippen molar-refractivity contribution in [2.45, 2.75) is 25.8 Å². The van der Waals surface area contributed by atoms with Crippen LogP contribution in [0.2, 0.25) is 0 Å². The third-order valence-electron chi connectivity index (χ3n) is 4.33. The summed E-state index contributed by atoms with van der Waals surface area (Å²) in [5, 5.41) is 16.6. The van der Waals surface area contributed by atoms with E-state index >= 15 is 0 Å². The van der Waals surface area contributed by atoms with E-state index in [4.69, 9.17) is 0 Å². The van der Waals surface area contributed by atoms with Gasteiger partial charge < -0.3 is 10.4 Å². The molecule has 0 saturated heterocycles. The molecular formula is C16H21NOS. The third-order valence-corrected chi connectivity index (χ3v) is 5.35. The molecule has 19 heavy (non-hydrogen) atoms. The standard InChI is InChI=1S/C16H21NOS/c18-10-13-5-3-4-12(13)8-17-9-14-11-19-16-7-2-1-6-15(14)16/h1-2,6-7,11-13,17-18H,3-5,8-10H2. The summed E-state index contributed by atoms with van der Waals surface area (Å²) in [7, 11) is 0. The molecule has 3 rings (SSSR count). The number of aliphatic hydroxyl groups excluding tert-OH is 1. The van der Waals surface area contributed by atoms with Crippen molar-refractivity contribution in [1.29, 1.82) is 0 Å². The van der Waals surface area contributed by atoms with E-state index in [1.165, 1.54) is 34.9 Å². The average Bonchev–Trinajstić information content (AvgIpc) is 3.06. The Labute approximate surface area is 118 Å². The van der Waals surface area contributed by atoms with Gasteiger partial charge in [-0.2, -0.15) is 0 Å². The quantitative estimate of drug-likeness (QED) is 0.876. The van der Waals surface area contributed by atoms with E-state index < -0.39 is 0 Å². The minimum Gasteiger partial charge on any atom is -0.396 e. The smallest absolute Gasteiger partial charge is 0.0462 e. The van der Waals surface area contributed by atoms with Crippen molar-refractivity contribution < 1.29 is 5.11 Å². The summed E-state index contributed by atoms with van der Waals surface area (Å²) in [5.74, 6) is 1.18. The van der Waals surface area contributed by atoms with Crippen LogP contribution < -0.4 is 5.32 Å². The molecule has 2 N–H and O–H groups in total. The maximum atomic E-state index is 9.33. The topological polar surface area (TPSA) is 32.3 Å². The second-order valence-corrected chi connectivity index (χ2v) is 6.43. The van der Waals surface area contributed by atoms with Gasteiger partial charge in [0.15, 0.2) is 0 Å². The van der Waals surface area contributed by atoms with Crippen molar-refractivity contribution in [3.05, 3.63) is 35.2 Å². The van der Waals surface area contributed by atoms with Gasteiger partial charge in [0, 0.05) is 17.9 Å². The zero-order chi connectivity index (χ0) is 13.1. The maximum Gasteiger partial charge on any atom is 0.0462 e. The number of aliphatic hydroxyl groups is 1. The summed E-state index contributed by atoms with van der Waals surface area (Å²) in [4.78, 5) is 0. The summed E-state index contributed by atoms with van der Waals surface area (Å²) < 4.78 is 1.37. The summed E-state index contributed by atoms with van der Waals surface area (Å²) in [6.45, 7) is 2.34. The first-order valence-electron chi connectivity index (χ1n) is 7.15. The normalized spacial score (nSPS) is 23.2. The Balaban J connectivity index is 1.57. The molecule has 0 radical (unpaired) electrons. The van der Waals surface area contributed by atoms with Crippen LogP contribution in [0.15, 0.2) is 29.6 Å². The lowest BCUT2D eigenvalue weighted by Gasteiger charge is -2.17. The molecule has 3 heteroatoms. The van der Waals surface area contributed by atoms with Crippen molar-refractivity contribution in [2.24, 2.45) is 11.8 Å². The highest BCUT2D eigenvalue weighted by molar-refractivity contribution is 7.17. The number of fused-ring (bicyclic) bond motifs is 1. The molecule has 1 heterocycles. The van der Waals surface area contributed by atoms with Crippen molar-refractivity contribution in [2.75, 3.05) is 13.2 Å². The fraction of sp³-hybridized carbons (Fsp3) is 0.500. The van der Waals surface area contributed by atoms with E-state index in [-0.39, 0.29) is 0 Å². The molecule has 1 saturated carbocycles. The molecule has 2 atom stereocenters. The molecule has 0 bridgehead atoms. The second-order valence-electron chi connectivity index (χ2n) is 5.52. The lowest BCUT2D eigenvalue weighted by molar-refractivity contribution is 0.192. The maximum absolute atomic E-state index is 9.33. The number of hydrogen-bond donors (Lipinski definition) is 2. The van der Waals surface area contributed by atoms with Gasteiger partial charge in [-0.05, 0) is 53.6 Å². The molecule has 1 aromatic heterocycles. The molecule has 1 fully saturated rings. The molecule has 0 aliphatic heterocycles. The fourth-order valence-corrected chi connectivity index (χ4v) is 4.15. The second kappa shape index (κ2) is 6.04. The van der Waals surface area contributed by atoms with Crippen LogP contribution in [0, 0.1) is 11.8 Å². The first kappa shape index (κ1) is 13.1. The Kier molecular flexibility index (Phi) is 4.16. The average molecular weight is 275 g/mol. The van der Waals surface area contributed by atoms with E-state index in [9.17, 15) is 5.11 Å². The Hall–Kier alpha value is -0.900. The number of benzene rings is 1. The molecule has 1 aromatic carbocycles. The van der Waals surface area contributed by atoms with Crippen LogP contribution in [0.5, 0.6) is 0 Å². The molecule has 1 aliphatic rings. The van der Waals surface area contributed by atoms with Gasteiger partial charge in [-0.15, -0.1) is 11.3 Å². The zero-order valence-corrected chi connectivity index (χ0v) is 12.0. The van der Waals surface area contributed by atoms with Gasteiger partial charge in [0.1, 0.15) is 0 Å². The first-order chi connectivity index (χ1) is 9.38. The number of thiophene rings is 1. The van der Waals surface area contributed by atoms with Crippen LogP contribution >= 0.6 is 11.3 Å². The predicted molar refractivity (Wildman–Crippen MR) is 81.4 cm³/mol. The van der Waals surface area contributed by atoms with Crippen LogP contribution in [0.3, 0.4) is 0 Å². The van der Waals surface area contributed by atoms with Gasteiger partial charge in [-0.25, -0.2) is 0 Å². The van der Waals surface area contributed by atoms with Crippen LogP contribution in [0.4, 0.5) is 0 Å². The van der Waals surface area contributed by atoms with E-state index in [0.29, 0.717) is 18.4 Å². The Morgan fingerprint density at radius 1 is 1.21 bits per heavy atom. The van der Waals surface area contributed by atoms with Gasteiger partial charge in [0.05, 0.1) is 0 Å². The number of nitrogens with one attached hydrogen (secondary N) is 1.